The second-order valence-corrected chi connectivity index (χ2v) is 8.17. The SMILES string of the molecule is Cc1ccsc1C1/C(=C(\O)c2c[nH]c3ccccc23)C(=O)C(=O)N1Cc1ccco1. The van der Waals surface area contributed by atoms with E-state index in [1.54, 1.807) is 18.3 Å². The van der Waals surface area contributed by atoms with Crippen molar-refractivity contribution < 1.29 is 19.1 Å². The number of aliphatic hydroxyl groups is 1. The second-order valence-electron chi connectivity index (χ2n) is 7.22. The summed E-state index contributed by atoms with van der Waals surface area (Å²) in [6.07, 6.45) is 3.20. The molecule has 1 fully saturated rings. The van der Waals surface area contributed by atoms with E-state index in [0.717, 1.165) is 21.3 Å². The van der Waals surface area contributed by atoms with Crippen LogP contribution in [0.4, 0.5) is 0 Å². The number of aromatic nitrogens is 1. The fourth-order valence-electron chi connectivity index (χ4n) is 3.96. The van der Waals surface area contributed by atoms with Crippen LogP contribution in [0.1, 0.15) is 27.8 Å². The Morgan fingerprint density at radius 3 is 2.77 bits per heavy atom. The summed E-state index contributed by atoms with van der Waals surface area (Å²) in [6.45, 7) is 2.08. The lowest BCUT2D eigenvalue weighted by atomic mass is 9.98. The molecule has 0 spiro atoms. The first-order chi connectivity index (χ1) is 14.6. The smallest absolute Gasteiger partial charge is 0.296 e. The number of para-hydroxylation sites is 1. The van der Waals surface area contributed by atoms with E-state index in [-0.39, 0.29) is 17.9 Å². The summed E-state index contributed by atoms with van der Waals surface area (Å²) in [4.78, 5) is 31.5. The first kappa shape index (κ1) is 18.4. The summed E-state index contributed by atoms with van der Waals surface area (Å²) in [5.41, 5.74) is 2.40. The number of aromatic amines is 1. The average Bonchev–Trinajstić information content (AvgIpc) is 3.52. The van der Waals surface area contributed by atoms with Gasteiger partial charge >= 0.3 is 0 Å². The molecular weight excluding hydrogens is 400 g/mol. The first-order valence-corrected chi connectivity index (χ1v) is 10.4. The molecule has 1 aromatic carbocycles. The van der Waals surface area contributed by atoms with Gasteiger partial charge in [0.05, 0.1) is 18.4 Å². The van der Waals surface area contributed by atoms with Gasteiger partial charge in [-0.1, -0.05) is 18.2 Å². The van der Waals surface area contributed by atoms with Crippen molar-refractivity contribution in [3.05, 3.63) is 87.6 Å². The van der Waals surface area contributed by atoms with Gasteiger partial charge in [0.25, 0.3) is 11.7 Å². The van der Waals surface area contributed by atoms with Crippen LogP contribution in [-0.4, -0.2) is 26.7 Å². The largest absolute Gasteiger partial charge is 0.507 e. The lowest BCUT2D eigenvalue weighted by Crippen LogP contribution is -2.28. The van der Waals surface area contributed by atoms with Crippen LogP contribution in [0.5, 0.6) is 0 Å². The van der Waals surface area contributed by atoms with Crippen molar-refractivity contribution in [1.29, 1.82) is 0 Å². The standard InChI is InChI=1S/C23H18N2O4S/c1-13-8-10-30-22(13)19-18(20(26)16-11-24-17-7-3-2-6-15(16)17)21(27)23(28)25(19)12-14-5-4-9-29-14/h2-11,19,24,26H,12H2,1H3/b20-18+. The quantitative estimate of drug-likeness (QED) is 0.284. The number of nitrogens with one attached hydrogen (secondary N) is 1. The molecule has 1 unspecified atom stereocenters. The number of rotatable bonds is 4. The third-order valence-electron chi connectivity index (χ3n) is 5.44. The summed E-state index contributed by atoms with van der Waals surface area (Å²) < 4.78 is 5.42. The molecule has 0 bridgehead atoms. The Morgan fingerprint density at radius 2 is 2.03 bits per heavy atom. The number of furan rings is 1. The van der Waals surface area contributed by atoms with E-state index < -0.39 is 17.7 Å². The number of H-pyrrole nitrogens is 1. The van der Waals surface area contributed by atoms with E-state index in [1.165, 1.54) is 22.5 Å². The predicted octanol–water partition coefficient (Wildman–Crippen LogP) is 4.75. The van der Waals surface area contributed by atoms with Crippen LogP contribution in [0.3, 0.4) is 0 Å². The topological polar surface area (TPSA) is 86.5 Å². The Bertz CT molecular complexity index is 1300. The molecule has 2 N–H and O–H groups in total. The number of fused-ring (bicyclic) bond motifs is 1. The molecule has 1 saturated heterocycles. The number of benzene rings is 1. The molecule has 3 aromatic heterocycles. The molecule has 4 heterocycles. The minimum absolute atomic E-state index is 0.0989. The maximum Gasteiger partial charge on any atom is 0.296 e. The van der Waals surface area contributed by atoms with Crippen molar-refractivity contribution in [3.63, 3.8) is 0 Å². The number of hydrogen-bond acceptors (Lipinski definition) is 5. The molecule has 1 amide bonds. The van der Waals surface area contributed by atoms with Crippen LogP contribution >= 0.6 is 11.3 Å². The Morgan fingerprint density at radius 1 is 1.20 bits per heavy atom. The van der Waals surface area contributed by atoms with E-state index in [4.69, 9.17) is 4.42 Å². The number of aryl methyl sites for hydroxylation is 1. The Balaban J connectivity index is 1.70. The van der Waals surface area contributed by atoms with Gasteiger partial charge in [-0.05, 0) is 42.1 Å². The number of Topliss-reactive ketones (excluding diaryl/α,β-unsaturated/α-hetero) is 1. The van der Waals surface area contributed by atoms with E-state index >= 15 is 0 Å². The van der Waals surface area contributed by atoms with Crippen LogP contribution in [0.25, 0.3) is 16.7 Å². The number of likely N-dealkylation sites (tertiary alicyclic amines) is 1. The fourth-order valence-corrected chi connectivity index (χ4v) is 5.01. The summed E-state index contributed by atoms with van der Waals surface area (Å²) >= 11 is 1.46. The van der Waals surface area contributed by atoms with Gasteiger partial charge in [0, 0.05) is 27.5 Å². The van der Waals surface area contributed by atoms with Crippen molar-refractivity contribution in [2.24, 2.45) is 0 Å². The molecule has 0 aliphatic carbocycles. The van der Waals surface area contributed by atoms with E-state index in [0.29, 0.717) is 11.3 Å². The molecule has 150 valence electrons. The Labute approximate surface area is 176 Å². The van der Waals surface area contributed by atoms with Gasteiger partial charge in [-0.25, -0.2) is 0 Å². The average molecular weight is 418 g/mol. The van der Waals surface area contributed by atoms with Gasteiger partial charge in [-0.3, -0.25) is 9.59 Å². The predicted molar refractivity (Wildman–Crippen MR) is 114 cm³/mol. The van der Waals surface area contributed by atoms with Gasteiger partial charge in [0.1, 0.15) is 17.6 Å². The zero-order chi connectivity index (χ0) is 20.8. The maximum atomic E-state index is 13.1. The number of carbonyl (C=O) groups is 2. The van der Waals surface area contributed by atoms with Gasteiger partial charge in [0.2, 0.25) is 0 Å². The molecule has 4 aromatic rings. The van der Waals surface area contributed by atoms with E-state index in [9.17, 15) is 14.7 Å². The van der Waals surface area contributed by atoms with E-state index in [1.807, 2.05) is 42.6 Å². The normalized spacial score (nSPS) is 18.6. The van der Waals surface area contributed by atoms with Crippen LogP contribution < -0.4 is 0 Å². The summed E-state index contributed by atoms with van der Waals surface area (Å²) in [5.74, 6) is -0.943. The highest BCUT2D eigenvalue weighted by Gasteiger charge is 2.47. The molecule has 5 rings (SSSR count). The lowest BCUT2D eigenvalue weighted by molar-refractivity contribution is -0.140. The third-order valence-corrected chi connectivity index (χ3v) is 6.51. The number of ketones is 1. The molecule has 0 radical (unpaired) electrons. The van der Waals surface area contributed by atoms with Crippen LogP contribution in [0, 0.1) is 6.92 Å². The number of aliphatic hydroxyl groups excluding tert-OH is 1. The third kappa shape index (κ3) is 2.78. The number of amides is 1. The molecule has 1 atom stereocenters. The van der Waals surface area contributed by atoms with Gasteiger partial charge < -0.3 is 19.4 Å². The second kappa shape index (κ2) is 7.03. The van der Waals surface area contributed by atoms with Crippen LogP contribution in [-0.2, 0) is 16.1 Å². The van der Waals surface area contributed by atoms with Crippen molar-refractivity contribution in [2.75, 3.05) is 0 Å². The fraction of sp³-hybridized carbons (Fsp3) is 0.130. The molecule has 0 saturated carbocycles. The molecule has 1 aliphatic heterocycles. The molecule has 6 nitrogen and oxygen atoms in total. The lowest BCUT2D eigenvalue weighted by Gasteiger charge is -2.24. The molecule has 7 heteroatoms. The highest BCUT2D eigenvalue weighted by molar-refractivity contribution is 7.10. The molecular formula is C23H18N2O4S. The monoisotopic (exact) mass is 418 g/mol. The maximum absolute atomic E-state index is 13.1. The number of carbonyl (C=O) groups excluding carboxylic acids is 2. The number of nitrogens with zero attached hydrogens (tertiary/aromatic N) is 1. The molecule has 30 heavy (non-hydrogen) atoms. The minimum atomic E-state index is -0.692. The number of hydrogen-bond donors (Lipinski definition) is 2. The minimum Gasteiger partial charge on any atom is -0.507 e. The number of thiophene rings is 1. The highest BCUT2D eigenvalue weighted by Crippen LogP contribution is 2.44. The van der Waals surface area contributed by atoms with Crippen LogP contribution in [0.2, 0.25) is 0 Å². The Hall–Kier alpha value is -3.58. The van der Waals surface area contributed by atoms with Gasteiger partial charge in [-0.15, -0.1) is 11.3 Å². The van der Waals surface area contributed by atoms with Gasteiger partial charge in [-0.2, -0.15) is 0 Å². The van der Waals surface area contributed by atoms with Crippen molar-refractivity contribution in [1.82, 2.24) is 9.88 Å². The summed E-state index contributed by atoms with van der Waals surface area (Å²) in [5, 5.41) is 13.9. The summed E-state index contributed by atoms with van der Waals surface area (Å²) in [7, 11) is 0. The van der Waals surface area contributed by atoms with Crippen LogP contribution in [0.15, 0.2) is 70.3 Å². The van der Waals surface area contributed by atoms with Crippen molar-refractivity contribution in [3.8, 4) is 0 Å². The molecule has 1 aliphatic rings. The van der Waals surface area contributed by atoms with Gasteiger partial charge in [0.15, 0.2) is 0 Å². The van der Waals surface area contributed by atoms with Crippen molar-refractivity contribution >= 4 is 39.7 Å². The zero-order valence-electron chi connectivity index (χ0n) is 16.1. The van der Waals surface area contributed by atoms with Crippen molar-refractivity contribution in [2.45, 2.75) is 19.5 Å². The Kier molecular flexibility index (Phi) is 4.33. The van der Waals surface area contributed by atoms with E-state index in [2.05, 4.69) is 4.98 Å². The first-order valence-electron chi connectivity index (χ1n) is 9.47. The summed E-state index contributed by atoms with van der Waals surface area (Å²) in [6, 6.07) is 12.3. The zero-order valence-corrected chi connectivity index (χ0v) is 16.9. The highest BCUT2D eigenvalue weighted by atomic mass is 32.1.